The minimum atomic E-state index is -1.64. The topological polar surface area (TPSA) is 32.8 Å². The molecule has 2 heterocycles. The fourth-order valence-electron chi connectivity index (χ4n) is 12.5. The second-order valence-corrected chi connectivity index (χ2v) is 33.0. The molecule has 0 amide bonds. The zero-order valence-electron chi connectivity index (χ0n) is 44.3. The van der Waals surface area contributed by atoms with Crippen LogP contribution in [0, 0.1) is 0 Å². The molecule has 0 saturated carbocycles. The molecule has 1 aliphatic rings. The molecule has 0 aliphatic heterocycles. The predicted molar refractivity (Wildman–Crippen MR) is 331 cm³/mol. The van der Waals surface area contributed by atoms with Gasteiger partial charge in [-0.3, -0.25) is 0 Å². The van der Waals surface area contributed by atoms with E-state index in [2.05, 4.69) is 292 Å². The van der Waals surface area contributed by atoms with Crippen molar-refractivity contribution in [1.82, 2.24) is 0 Å². The SMILES string of the molecule is C[Si](C)(C)c1ccc(N(c2ccc3c(c2)C(c2ccccc2)(c2ccccc2)c2cc(N(c4ccc([Si](C)(C)C)cc4)c4cccc5c4oc4ccccc45)c4ccccc4c2-3)c2cccc3c2oc2ccccc23)cc1. The maximum Gasteiger partial charge on any atom is 0.159 e. The Balaban J connectivity index is 1.08. The molecule has 0 atom stereocenters. The fourth-order valence-corrected chi connectivity index (χ4v) is 14.8. The van der Waals surface area contributed by atoms with Crippen LogP contribution in [-0.2, 0) is 5.41 Å². The van der Waals surface area contributed by atoms with Crippen molar-refractivity contribution in [3.8, 4) is 11.1 Å². The number of anilines is 6. The number of furan rings is 2. The molecule has 14 rings (SSSR count). The van der Waals surface area contributed by atoms with Crippen LogP contribution in [0.3, 0.4) is 0 Å². The molecule has 4 nitrogen and oxygen atoms in total. The van der Waals surface area contributed by atoms with E-state index in [1.165, 1.54) is 49.1 Å². The maximum atomic E-state index is 6.95. The van der Waals surface area contributed by atoms with Crippen LogP contribution in [0.25, 0.3) is 65.8 Å². The summed E-state index contributed by atoms with van der Waals surface area (Å²) in [4.78, 5) is 4.89. The first-order chi connectivity index (χ1) is 37.5. The Bertz CT molecular complexity index is 4370. The third kappa shape index (κ3) is 7.38. The summed E-state index contributed by atoms with van der Waals surface area (Å²) in [5.41, 5.74) is 16.2. The molecule has 11 aromatic carbocycles. The van der Waals surface area contributed by atoms with E-state index in [1.807, 2.05) is 0 Å². The van der Waals surface area contributed by atoms with E-state index in [9.17, 15) is 0 Å². The third-order valence-corrected chi connectivity index (χ3v) is 20.4. The van der Waals surface area contributed by atoms with Gasteiger partial charge in [-0.2, -0.15) is 0 Å². The predicted octanol–water partition coefficient (Wildman–Crippen LogP) is 19.0. The zero-order valence-corrected chi connectivity index (χ0v) is 46.3. The van der Waals surface area contributed by atoms with Gasteiger partial charge in [0, 0.05) is 44.0 Å². The summed E-state index contributed by atoms with van der Waals surface area (Å²) in [5.74, 6) is 0. The van der Waals surface area contributed by atoms with Crippen molar-refractivity contribution in [2.75, 3.05) is 9.80 Å². The minimum absolute atomic E-state index is 0.764. The molecule has 0 fully saturated rings. The van der Waals surface area contributed by atoms with E-state index in [0.717, 1.165) is 83.4 Å². The largest absolute Gasteiger partial charge is 0.454 e. The molecule has 6 heteroatoms. The van der Waals surface area contributed by atoms with Crippen LogP contribution in [0.1, 0.15) is 22.3 Å². The van der Waals surface area contributed by atoms with Gasteiger partial charge < -0.3 is 18.6 Å². The highest BCUT2D eigenvalue weighted by Crippen LogP contribution is 2.61. The van der Waals surface area contributed by atoms with Crippen LogP contribution < -0.4 is 20.2 Å². The van der Waals surface area contributed by atoms with Crippen LogP contribution in [0.15, 0.2) is 251 Å². The van der Waals surface area contributed by atoms with Gasteiger partial charge in [-0.05, 0) is 105 Å². The number of fused-ring (bicyclic) bond motifs is 11. The summed E-state index contributed by atoms with van der Waals surface area (Å²) in [6.45, 7) is 14.5. The number of nitrogens with zero attached hydrogens (tertiary/aromatic N) is 2. The normalized spacial score (nSPS) is 13.2. The molecular weight excluding hydrogens is 969 g/mol. The lowest BCUT2D eigenvalue weighted by molar-refractivity contribution is 0.668. The fraction of sp³-hybridized carbons (Fsp3) is 0.0986. The first kappa shape index (κ1) is 46.8. The first-order valence-corrected chi connectivity index (χ1v) is 33.9. The van der Waals surface area contributed by atoms with E-state index >= 15 is 0 Å². The second-order valence-electron chi connectivity index (χ2n) is 22.8. The molecule has 13 aromatic rings. The maximum absolute atomic E-state index is 6.95. The Hall–Kier alpha value is -8.69. The summed E-state index contributed by atoms with van der Waals surface area (Å²) in [6, 6.07) is 89.9. The molecule has 2 aromatic heterocycles. The Labute approximate surface area is 452 Å². The van der Waals surface area contributed by atoms with Gasteiger partial charge in [0.05, 0.1) is 38.6 Å². The highest BCUT2D eigenvalue weighted by molar-refractivity contribution is 6.89. The molecule has 0 bridgehead atoms. The Morgan fingerprint density at radius 3 is 1.27 bits per heavy atom. The van der Waals surface area contributed by atoms with Crippen molar-refractivity contribution < 1.29 is 8.83 Å². The smallest absolute Gasteiger partial charge is 0.159 e. The molecule has 372 valence electrons. The number of para-hydroxylation sites is 4. The Morgan fingerprint density at radius 2 is 0.753 bits per heavy atom. The average molecular weight is 1030 g/mol. The van der Waals surface area contributed by atoms with Crippen LogP contribution in [-0.4, -0.2) is 16.1 Å². The molecule has 0 unspecified atom stereocenters. The van der Waals surface area contributed by atoms with Crippen molar-refractivity contribution in [3.05, 3.63) is 265 Å². The molecule has 0 radical (unpaired) electrons. The number of hydrogen-bond donors (Lipinski definition) is 0. The summed E-state index contributed by atoms with van der Waals surface area (Å²) >= 11 is 0. The third-order valence-electron chi connectivity index (χ3n) is 16.2. The minimum Gasteiger partial charge on any atom is -0.454 e. The van der Waals surface area contributed by atoms with Gasteiger partial charge in [0.15, 0.2) is 11.2 Å². The molecule has 77 heavy (non-hydrogen) atoms. The number of benzene rings is 11. The number of rotatable bonds is 10. The molecule has 0 N–H and O–H groups in total. The quantitative estimate of drug-likeness (QED) is 0.128. The van der Waals surface area contributed by atoms with E-state index in [4.69, 9.17) is 8.83 Å². The van der Waals surface area contributed by atoms with Gasteiger partial charge in [-0.1, -0.05) is 226 Å². The van der Waals surface area contributed by atoms with Crippen LogP contribution in [0.4, 0.5) is 34.1 Å². The van der Waals surface area contributed by atoms with Crippen molar-refractivity contribution in [2.45, 2.75) is 44.7 Å². The average Bonchev–Trinajstić information content (AvgIpc) is 4.31. The Kier molecular flexibility index (Phi) is 10.8. The summed E-state index contributed by atoms with van der Waals surface area (Å²) in [5, 5.41) is 9.57. The van der Waals surface area contributed by atoms with Gasteiger partial charge in [-0.15, -0.1) is 0 Å². The highest BCUT2D eigenvalue weighted by atomic mass is 28.3. The summed E-state index contributed by atoms with van der Waals surface area (Å²) < 4.78 is 13.8. The molecule has 0 spiro atoms. The van der Waals surface area contributed by atoms with Crippen LogP contribution >= 0.6 is 0 Å². The van der Waals surface area contributed by atoms with Gasteiger partial charge in [0.25, 0.3) is 0 Å². The monoisotopic (exact) mass is 1030 g/mol. The Morgan fingerprint density at radius 1 is 0.325 bits per heavy atom. The standard InChI is InChI=1S/C71H58N2O2Si2/c1-76(2,3)52-40-35-49(36-41-52)72(63-31-19-29-58-55-26-15-17-33-66(55)74-69(58)63)51-39-44-60-61(45-51)71(47-21-9-7-10-22-47,48-23-11-8-12-24-48)62-46-65(54-25-13-14-28-57(54)68(60)62)73(50-37-42-53(43-38-50)77(4,5)6)64-32-20-30-59-56-27-16-18-34-67(56)75-70(59)64/h7-46H,1-6H3. The van der Waals surface area contributed by atoms with Gasteiger partial charge in [0.1, 0.15) is 11.2 Å². The number of hydrogen-bond acceptors (Lipinski definition) is 4. The van der Waals surface area contributed by atoms with Gasteiger partial charge >= 0.3 is 0 Å². The van der Waals surface area contributed by atoms with E-state index in [0.29, 0.717) is 0 Å². The molecule has 0 saturated heterocycles. The van der Waals surface area contributed by atoms with Gasteiger partial charge in [0.2, 0.25) is 0 Å². The molecular formula is C71H58N2O2Si2. The second kappa shape index (κ2) is 17.7. The zero-order chi connectivity index (χ0) is 52.2. The highest BCUT2D eigenvalue weighted by Gasteiger charge is 2.48. The van der Waals surface area contributed by atoms with Crippen LogP contribution in [0.2, 0.25) is 39.3 Å². The first-order valence-electron chi connectivity index (χ1n) is 26.9. The van der Waals surface area contributed by atoms with Gasteiger partial charge in [-0.25, -0.2) is 0 Å². The van der Waals surface area contributed by atoms with E-state index < -0.39 is 21.6 Å². The molecule has 1 aliphatic carbocycles. The van der Waals surface area contributed by atoms with Crippen molar-refractivity contribution >= 4 is 115 Å². The van der Waals surface area contributed by atoms with Crippen molar-refractivity contribution in [2.24, 2.45) is 0 Å². The van der Waals surface area contributed by atoms with Crippen molar-refractivity contribution in [1.29, 1.82) is 0 Å². The van der Waals surface area contributed by atoms with Crippen LogP contribution in [0.5, 0.6) is 0 Å². The van der Waals surface area contributed by atoms with E-state index in [-0.39, 0.29) is 0 Å². The van der Waals surface area contributed by atoms with E-state index in [1.54, 1.807) is 0 Å². The lowest BCUT2D eigenvalue weighted by Gasteiger charge is -2.36. The summed E-state index contributed by atoms with van der Waals surface area (Å²) in [6.07, 6.45) is 0. The summed E-state index contributed by atoms with van der Waals surface area (Å²) in [7, 11) is -3.25. The lowest BCUT2D eigenvalue weighted by Crippen LogP contribution is -2.37. The lowest BCUT2D eigenvalue weighted by atomic mass is 9.67. The van der Waals surface area contributed by atoms with Crippen molar-refractivity contribution in [3.63, 3.8) is 0 Å².